The number of carboxylic acid groups (broad SMARTS) is 1. The maximum Gasteiger partial charge on any atom is 0.405 e. The van der Waals surface area contributed by atoms with Crippen LogP contribution >= 0.6 is 11.6 Å². The first-order chi connectivity index (χ1) is 12.3. The summed E-state index contributed by atoms with van der Waals surface area (Å²) in [5, 5.41) is 11.6. The Bertz CT molecular complexity index is 1080. The highest BCUT2D eigenvalue weighted by atomic mass is 35.5. The molecule has 1 aromatic carbocycles. The summed E-state index contributed by atoms with van der Waals surface area (Å²) in [4.78, 5) is 32.4. The van der Waals surface area contributed by atoms with Crippen LogP contribution in [0.5, 0.6) is 0 Å². The van der Waals surface area contributed by atoms with Crippen molar-refractivity contribution in [3.05, 3.63) is 63.2 Å². The molecule has 2 heterocycles. The van der Waals surface area contributed by atoms with Gasteiger partial charge in [-0.05, 0) is 26.0 Å². The van der Waals surface area contributed by atoms with E-state index in [1.54, 1.807) is 18.2 Å². The van der Waals surface area contributed by atoms with Crippen LogP contribution < -0.4 is 10.9 Å². The molecule has 7 nitrogen and oxygen atoms in total. The van der Waals surface area contributed by atoms with Crippen LogP contribution in [-0.2, 0) is 0 Å². The van der Waals surface area contributed by atoms with Crippen molar-refractivity contribution in [3.63, 3.8) is 0 Å². The summed E-state index contributed by atoms with van der Waals surface area (Å²) >= 11 is 6.16. The molecule has 0 fully saturated rings. The third kappa shape index (κ3) is 2.99. The molecule has 3 rings (SSSR count). The molecule has 0 aliphatic heterocycles. The van der Waals surface area contributed by atoms with Gasteiger partial charge in [-0.2, -0.15) is 0 Å². The number of carbonyl (C=O) groups is 1. The van der Waals surface area contributed by atoms with E-state index in [9.17, 15) is 14.0 Å². The predicted octanol–water partition coefficient (Wildman–Crippen LogP) is 3.21. The van der Waals surface area contributed by atoms with Crippen LogP contribution in [0, 0.1) is 12.7 Å². The molecule has 134 valence electrons. The third-order valence-corrected chi connectivity index (χ3v) is 4.28. The highest BCUT2D eigenvalue weighted by Crippen LogP contribution is 2.24. The van der Waals surface area contributed by atoms with Gasteiger partial charge in [0.05, 0.1) is 40.0 Å². The van der Waals surface area contributed by atoms with E-state index >= 15 is 0 Å². The fourth-order valence-corrected chi connectivity index (χ4v) is 2.95. The molecule has 3 aromatic rings. The van der Waals surface area contributed by atoms with Gasteiger partial charge in [0.25, 0.3) is 5.56 Å². The molecule has 9 heteroatoms. The largest absolute Gasteiger partial charge is 0.465 e. The molecule has 0 spiro atoms. The summed E-state index contributed by atoms with van der Waals surface area (Å²) in [5.41, 5.74) is 0.123. The zero-order chi connectivity index (χ0) is 19.0. The number of halogens is 2. The van der Waals surface area contributed by atoms with Crippen molar-refractivity contribution in [1.82, 2.24) is 19.9 Å². The molecule has 0 aliphatic carbocycles. The molecule has 2 aromatic heterocycles. The number of hydrogen-bond acceptors (Lipinski definition) is 4. The maximum atomic E-state index is 14.0. The lowest BCUT2D eigenvalue weighted by molar-refractivity contribution is 0.190. The van der Waals surface area contributed by atoms with Gasteiger partial charge in [0, 0.05) is 5.56 Å². The molecule has 0 unspecified atom stereocenters. The minimum absolute atomic E-state index is 0.0997. The zero-order valence-corrected chi connectivity index (χ0v) is 14.6. The van der Waals surface area contributed by atoms with Gasteiger partial charge >= 0.3 is 6.09 Å². The van der Waals surface area contributed by atoms with Gasteiger partial charge in [-0.25, -0.2) is 14.2 Å². The Labute approximate surface area is 152 Å². The van der Waals surface area contributed by atoms with E-state index in [4.69, 9.17) is 16.7 Å². The van der Waals surface area contributed by atoms with Gasteiger partial charge in [0.2, 0.25) is 0 Å². The second kappa shape index (κ2) is 6.72. The molecule has 26 heavy (non-hydrogen) atoms. The summed E-state index contributed by atoms with van der Waals surface area (Å²) in [6.45, 7) is 3.03. The Kier molecular flexibility index (Phi) is 4.60. The average molecular weight is 377 g/mol. The first-order valence-corrected chi connectivity index (χ1v) is 8.00. The molecule has 1 atom stereocenters. The number of rotatable bonds is 3. The van der Waals surface area contributed by atoms with Crippen LogP contribution in [0.15, 0.2) is 35.4 Å². The number of amides is 1. The van der Waals surface area contributed by atoms with Gasteiger partial charge in [-0.15, -0.1) is 0 Å². The van der Waals surface area contributed by atoms with Crippen LogP contribution in [0.3, 0.4) is 0 Å². The van der Waals surface area contributed by atoms with Crippen LogP contribution in [0.1, 0.15) is 24.4 Å². The standard InChI is InChI=1S/C17H14ClFN4O3/c1-8-11(19)6-20-7-13(8)23-15(9(2)21-17(25)26)22-12-5-3-4-10(18)14(12)16(23)24/h3-7,9,21H,1-2H3,(H,25,26)/t9-/m0/s1. The summed E-state index contributed by atoms with van der Waals surface area (Å²) in [7, 11) is 0. The molecular weight excluding hydrogens is 363 g/mol. The smallest absolute Gasteiger partial charge is 0.405 e. The number of nitrogens with one attached hydrogen (secondary N) is 1. The number of fused-ring (bicyclic) bond motifs is 1. The summed E-state index contributed by atoms with van der Waals surface area (Å²) in [6, 6.07) is 3.94. The number of benzene rings is 1. The average Bonchev–Trinajstić information content (AvgIpc) is 2.57. The molecule has 0 radical (unpaired) electrons. The quantitative estimate of drug-likeness (QED) is 0.731. The lowest BCUT2D eigenvalue weighted by atomic mass is 10.2. The Morgan fingerprint density at radius 3 is 2.81 bits per heavy atom. The first-order valence-electron chi connectivity index (χ1n) is 7.62. The lowest BCUT2D eigenvalue weighted by Crippen LogP contribution is -2.33. The zero-order valence-electron chi connectivity index (χ0n) is 13.8. The lowest BCUT2D eigenvalue weighted by Gasteiger charge is -2.19. The van der Waals surface area contributed by atoms with E-state index in [1.165, 1.54) is 20.0 Å². The number of aromatic nitrogens is 3. The fraction of sp³-hybridized carbons (Fsp3) is 0.176. The van der Waals surface area contributed by atoms with E-state index in [0.29, 0.717) is 5.52 Å². The highest BCUT2D eigenvalue weighted by Gasteiger charge is 2.22. The summed E-state index contributed by atoms with van der Waals surface area (Å²) < 4.78 is 15.1. The molecule has 1 amide bonds. The normalized spacial score (nSPS) is 12.2. The second-order valence-corrected chi connectivity index (χ2v) is 6.09. The third-order valence-electron chi connectivity index (χ3n) is 3.97. The molecular formula is C17H14ClFN4O3. The van der Waals surface area contributed by atoms with E-state index in [-0.39, 0.29) is 27.5 Å². The maximum absolute atomic E-state index is 14.0. The number of nitrogens with zero attached hydrogens (tertiary/aromatic N) is 3. The van der Waals surface area contributed by atoms with Crippen molar-refractivity contribution >= 4 is 28.6 Å². The number of pyridine rings is 1. The van der Waals surface area contributed by atoms with E-state index < -0.39 is 23.5 Å². The monoisotopic (exact) mass is 376 g/mol. The van der Waals surface area contributed by atoms with Crippen molar-refractivity contribution in [2.45, 2.75) is 19.9 Å². The van der Waals surface area contributed by atoms with Crippen molar-refractivity contribution in [3.8, 4) is 5.69 Å². The first kappa shape index (κ1) is 17.8. The highest BCUT2D eigenvalue weighted by molar-refractivity contribution is 6.35. The van der Waals surface area contributed by atoms with Crippen LogP contribution in [0.2, 0.25) is 5.02 Å². The minimum Gasteiger partial charge on any atom is -0.465 e. The molecule has 2 N–H and O–H groups in total. The van der Waals surface area contributed by atoms with E-state index in [1.807, 2.05) is 0 Å². The van der Waals surface area contributed by atoms with Crippen LogP contribution in [-0.4, -0.2) is 25.7 Å². The Morgan fingerprint density at radius 2 is 2.12 bits per heavy atom. The van der Waals surface area contributed by atoms with Crippen molar-refractivity contribution in [1.29, 1.82) is 0 Å². The van der Waals surface area contributed by atoms with E-state index in [0.717, 1.165) is 10.8 Å². The second-order valence-electron chi connectivity index (χ2n) is 5.68. The number of hydrogen-bond donors (Lipinski definition) is 2. The predicted molar refractivity (Wildman–Crippen MR) is 94.4 cm³/mol. The van der Waals surface area contributed by atoms with Crippen molar-refractivity contribution in [2.24, 2.45) is 0 Å². The molecule has 0 saturated heterocycles. The molecule has 0 aliphatic rings. The Hall–Kier alpha value is -3.00. The Morgan fingerprint density at radius 1 is 1.38 bits per heavy atom. The van der Waals surface area contributed by atoms with Crippen LogP contribution in [0.4, 0.5) is 9.18 Å². The topological polar surface area (TPSA) is 97.1 Å². The summed E-state index contributed by atoms with van der Waals surface area (Å²) in [5.74, 6) is -0.499. The fourth-order valence-electron chi connectivity index (χ4n) is 2.69. The van der Waals surface area contributed by atoms with Gasteiger partial charge < -0.3 is 10.4 Å². The minimum atomic E-state index is -1.28. The van der Waals surface area contributed by atoms with Gasteiger partial charge in [-0.1, -0.05) is 17.7 Å². The van der Waals surface area contributed by atoms with Gasteiger partial charge in [-0.3, -0.25) is 14.3 Å². The summed E-state index contributed by atoms with van der Waals surface area (Å²) in [6.07, 6.45) is 1.07. The molecule has 0 saturated carbocycles. The van der Waals surface area contributed by atoms with Gasteiger partial charge in [0.15, 0.2) is 0 Å². The van der Waals surface area contributed by atoms with Crippen molar-refractivity contribution < 1.29 is 14.3 Å². The Balaban J connectivity index is 2.43. The van der Waals surface area contributed by atoms with E-state index in [2.05, 4.69) is 15.3 Å². The van der Waals surface area contributed by atoms with Crippen molar-refractivity contribution in [2.75, 3.05) is 0 Å². The van der Waals surface area contributed by atoms with Crippen LogP contribution in [0.25, 0.3) is 16.6 Å². The van der Waals surface area contributed by atoms with Gasteiger partial charge in [0.1, 0.15) is 11.6 Å². The molecule has 0 bridgehead atoms. The SMILES string of the molecule is Cc1c(F)cncc1-n1c([C@H](C)NC(=O)O)nc2cccc(Cl)c2c1=O.